The number of benzene rings is 3. The topological polar surface area (TPSA) is 91.5 Å². The zero-order valence-electron chi connectivity index (χ0n) is 27.4. The molecule has 2 amide bonds. The van der Waals surface area contributed by atoms with Crippen LogP contribution in [0.25, 0.3) is 22.2 Å². The Morgan fingerprint density at radius 2 is 1.63 bits per heavy atom. The Hall–Kier alpha value is -4.46. The number of para-hydroxylation sites is 1. The number of ether oxygens (including phenoxy) is 1. The van der Waals surface area contributed by atoms with Crippen molar-refractivity contribution in [2.45, 2.75) is 83.8 Å². The summed E-state index contributed by atoms with van der Waals surface area (Å²) in [5.41, 5.74) is 2.75. The first kappa shape index (κ1) is 34.4. The van der Waals surface area contributed by atoms with Crippen LogP contribution in [0.4, 0.5) is 4.39 Å². The summed E-state index contributed by atoms with van der Waals surface area (Å²) in [6.07, 6.45) is 3.85. The number of hydrogen-bond acceptors (Lipinski definition) is 4. The van der Waals surface area contributed by atoms with Gasteiger partial charge in [0.1, 0.15) is 17.5 Å². The van der Waals surface area contributed by atoms with Gasteiger partial charge in [-0.2, -0.15) is 0 Å². The largest absolute Gasteiger partial charge is 0.463 e. The lowest BCUT2D eigenvalue weighted by Crippen LogP contribution is -2.61. The molecular formula is C38H46FN3O4. The molecule has 1 aromatic heterocycles. The molecule has 0 aliphatic rings. The predicted octanol–water partition coefficient (Wildman–Crippen LogP) is 7.38. The molecule has 4 rings (SSSR count). The number of nitrogens with one attached hydrogen (secondary N) is 2. The normalized spacial score (nSPS) is 13.2. The van der Waals surface area contributed by atoms with E-state index >= 15 is 0 Å². The van der Waals surface area contributed by atoms with Crippen LogP contribution in [0.15, 0.2) is 78.9 Å². The number of aromatic nitrogens is 1. The number of unbranched alkanes of at least 4 members (excludes halogenated alkanes) is 1. The van der Waals surface area contributed by atoms with Crippen molar-refractivity contribution in [2.75, 3.05) is 13.6 Å². The number of rotatable bonds is 16. The van der Waals surface area contributed by atoms with E-state index in [1.54, 1.807) is 24.1 Å². The van der Waals surface area contributed by atoms with Crippen molar-refractivity contribution in [3.63, 3.8) is 0 Å². The third kappa shape index (κ3) is 8.83. The number of likely N-dealkylation sites (N-methyl/N-ethyl adjacent to an activating group) is 1. The Bertz CT molecular complexity index is 1600. The standard InChI is InChI=1S/C38H46FN3O4/c1-5-7-24-42(4)37(45)38(26-28-14-9-8-10-15-28,23-22-31(13-6-2)46-27(3)43)41-35(44)25-33-32-16-11-12-17-34(32)40-36(33)29-18-20-30(39)21-19-29/h8-12,14-21,31,40H,5-7,13,22-26H2,1-4H3,(H,41,44). The van der Waals surface area contributed by atoms with Gasteiger partial charge in [-0.1, -0.05) is 75.2 Å². The van der Waals surface area contributed by atoms with E-state index in [9.17, 15) is 18.8 Å². The van der Waals surface area contributed by atoms with Crippen LogP contribution in [0.2, 0.25) is 0 Å². The SMILES string of the molecule is CCCCN(C)C(=O)C(CCC(CCC)OC(C)=O)(Cc1ccccc1)NC(=O)Cc1c(-c2ccc(F)cc2)[nH]c2ccccc12. The molecule has 2 unspecified atom stereocenters. The molecular weight excluding hydrogens is 581 g/mol. The molecule has 2 atom stereocenters. The van der Waals surface area contributed by atoms with Crippen molar-refractivity contribution in [3.05, 3.63) is 95.8 Å². The molecule has 0 aliphatic heterocycles. The molecule has 0 saturated heterocycles. The Morgan fingerprint density at radius 1 is 0.935 bits per heavy atom. The summed E-state index contributed by atoms with van der Waals surface area (Å²) in [6.45, 7) is 6.05. The molecule has 46 heavy (non-hydrogen) atoms. The molecule has 1 heterocycles. The van der Waals surface area contributed by atoms with Gasteiger partial charge in [0.2, 0.25) is 11.8 Å². The number of amides is 2. The summed E-state index contributed by atoms with van der Waals surface area (Å²) >= 11 is 0. The first-order valence-electron chi connectivity index (χ1n) is 16.3. The molecule has 8 heteroatoms. The fourth-order valence-corrected chi connectivity index (χ4v) is 6.18. The second kappa shape index (κ2) is 16.2. The number of nitrogens with zero attached hydrogens (tertiary/aromatic N) is 1. The van der Waals surface area contributed by atoms with Crippen LogP contribution in [-0.2, 0) is 32.0 Å². The van der Waals surface area contributed by atoms with Gasteiger partial charge in [-0.15, -0.1) is 0 Å². The number of fused-ring (bicyclic) bond motifs is 1. The number of esters is 1. The van der Waals surface area contributed by atoms with Crippen LogP contribution in [-0.4, -0.2) is 52.9 Å². The molecule has 0 spiro atoms. The fourth-order valence-electron chi connectivity index (χ4n) is 6.18. The van der Waals surface area contributed by atoms with Crippen molar-refractivity contribution in [1.82, 2.24) is 15.2 Å². The number of H-pyrrole nitrogens is 1. The van der Waals surface area contributed by atoms with Gasteiger partial charge < -0.3 is 19.9 Å². The second-order valence-electron chi connectivity index (χ2n) is 12.1. The number of carbonyl (C=O) groups excluding carboxylic acids is 3. The highest BCUT2D eigenvalue weighted by atomic mass is 19.1. The minimum atomic E-state index is -1.28. The highest BCUT2D eigenvalue weighted by Crippen LogP contribution is 2.32. The van der Waals surface area contributed by atoms with Gasteiger partial charge in [-0.05, 0) is 72.7 Å². The summed E-state index contributed by atoms with van der Waals surface area (Å²) in [5.74, 6) is -1.18. The molecule has 0 saturated carbocycles. The van der Waals surface area contributed by atoms with Crippen LogP contribution in [0.1, 0.15) is 70.4 Å². The van der Waals surface area contributed by atoms with Gasteiger partial charge in [0.05, 0.1) is 12.1 Å². The van der Waals surface area contributed by atoms with Crippen molar-refractivity contribution >= 4 is 28.7 Å². The van der Waals surface area contributed by atoms with E-state index in [1.807, 2.05) is 61.5 Å². The van der Waals surface area contributed by atoms with Gasteiger partial charge in [0.15, 0.2) is 0 Å². The van der Waals surface area contributed by atoms with Crippen LogP contribution < -0.4 is 5.32 Å². The minimum absolute atomic E-state index is 0.00154. The average Bonchev–Trinajstić information content (AvgIpc) is 3.40. The van der Waals surface area contributed by atoms with E-state index in [4.69, 9.17) is 4.74 Å². The summed E-state index contributed by atoms with van der Waals surface area (Å²) in [5, 5.41) is 4.12. The Morgan fingerprint density at radius 3 is 2.30 bits per heavy atom. The maximum Gasteiger partial charge on any atom is 0.302 e. The van der Waals surface area contributed by atoms with Crippen molar-refractivity contribution in [3.8, 4) is 11.3 Å². The van der Waals surface area contributed by atoms with Gasteiger partial charge >= 0.3 is 5.97 Å². The average molecular weight is 628 g/mol. The quantitative estimate of drug-likeness (QED) is 0.127. The second-order valence-corrected chi connectivity index (χ2v) is 12.1. The van der Waals surface area contributed by atoms with E-state index in [0.717, 1.165) is 52.5 Å². The van der Waals surface area contributed by atoms with Gasteiger partial charge in [-0.3, -0.25) is 14.4 Å². The number of hydrogen-bond donors (Lipinski definition) is 2. The van der Waals surface area contributed by atoms with E-state index in [2.05, 4.69) is 17.2 Å². The molecule has 4 aromatic rings. The van der Waals surface area contributed by atoms with Crippen molar-refractivity contribution in [2.24, 2.45) is 0 Å². The first-order chi connectivity index (χ1) is 22.2. The van der Waals surface area contributed by atoms with E-state index in [0.29, 0.717) is 25.8 Å². The molecule has 0 aliphatic carbocycles. The smallest absolute Gasteiger partial charge is 0.302 e. The number of carbonyl (C=O) groups is 3. The zero-order valence-corrected chi connectivity index (χ0v) is 27.4. The fraction of sp³-hybridized carbons (Fsp3) is 0.395. The molecule has 244 valence electrons. The minimum Gasteiger partial charge on any atom is -0.463 e. The predicted molar refractivity (Wildman–Crippen MR) is 181 cm³/mol. The maximum absolute atomic E-state index is 14.5. The van der Waals surface area contributed by atoms with Crippen molar-refractivity contribution < 1.29 is 23.5 Å². The van der Waals surface area contributed by atoms with E-state index in [-0.39, 0.29) is 42.5 Å². The highest BCUT2D eigenvalue weighted by molar-refractivity contribution is 5.97. The Labute approximate surface area is 271 Å². The van der Waals surface area contributed by atoms with Crippen LogP contribution in [0, 0.1) is 5.82 Å². The first-order valence-corrected chi connectivity index (χ1v) is 16.3. The third-order valence-electron chi connectivity index (χ3n) is 8.45. The number of aromatic amines is 1. The van der Waals surface area contributed by atoms with Crippen LogP contribution in [0.3, 0.4) is 0 Å². The summed E-state index contributed by atoms with van der Waals surface area (Å²) in [7, 11) is 1.78. The number of halogens is 1. The lowest BCUT2D eigenvalue weighted by atomic mass is 9.83. The summed E-state index contributed by atoms with van der Waals surface area (Å²) < 4.78 is 19.5. The molecule has 0 radical (unpaired) electrons. The summed E-state index contributed by atoms with van der Waals surface area (Å²) in [4.78, 5) is 45.8. The van der Waals surface area contributed by atoms with E-state index in [1.165, 1.54) is 19.1 Å². The van der Waals surface area contributed by atoms with Gasteiger partial charge in [0.25, 0.3) is 0 Å². The molecule has 3 aromatic carbocycles. The van der Waals surface area contributed by atoms with Crippen molar-refractivity contribution in [1.29, 1.82) is 0 Å². The monoisotopic (exact) mass is 627 g/mol. The molecule has 0 bridgehead atoms. The summed E-state index contributed by atoms with van der Waals surface area (Å²) in [6, 6.07) is 23.6. The van der Waals surface area contributed by atoms with Gasteiger partial charge in [0, 0.05) is 37.8 Å². The van der Waals surface area contributed by atoms with Crippen LogP contribution >= 0.6 is 0 Å². The zero-order chi connectivity index (χ0) is 33.1. The van der Waals surface area contributed by atoms with Gasteiger partial charge in [-0.25, -0.2) is 4.39 Å². The molecule has 2 N–H and O–H groups in total. The molecule has 7 nitrogen and oxygen atoms in total. The lowest BCUT2D eigenvalue weighted by molar-refractivity contribution is -0.148. The maximum atomic E-state index is 14.5. The lowest BCUT2D eigenvalue weighted by Gasteiger charge is -2.38. The Balaban J connectivity index is 1.75. The Kier molecular flexibility index (Phi) is 12.1. The third-order valence-corrected chi connectivity index (χ3v) is 8.45. The van der Waals surface area contributed by atoms with E-state index < -0.39 is 5.54 Å². The van der Waals surface area contributed by atoms with Crippen LogP contribution in [0.5, 0.6) is 0 Å². The highest BCUT2D eigenvalue weighted by Gasteiger charge is 2.42. The molecule has 0 fully saturated rings.